The Kier molecular flexibility index (Phi) is 4.59. The van der Waals surface area contributed by atoms with Gasteiger partial charge in [0.15, 0.2) is 0 Å². The Morgan fingerprint density at radius 2 is 1.81 bits per heavy atom. The van der Waals surface area contributed by atoms with Crippen LogP contribution in [0.15, 0.2) is 60.7 Å². The fourth-order valence-corrected chi connectivity index (χ4v) is 3.81. The molecule has 26 heavy (non-hydrogen) atoms. The van der Waals surface area contributed by atoms with Crippen molar-refractivity contribution in [2.24, 2.45) is 0 Å². The summed E-state index contributed by atoms with van der Waals surface area (Å²) in [5, 5.41) is 0. The number of morpholine rings is 1. The van der Waals surface area contributed by atoms with Crippen LogP contribution in [0.25, 0.3) is 5.57 Å². The quantitative estimate of drug-likeness (QED) is 0.783. The van der Waals surface area contributed by atoms with Gasteiger partial charge in [-0.1, -0.05) is 48.5 Å². The second-order valence-corrected chi connectivity index (χ2v) is 6.89. The van der Waals surface area contributed by atoms with E-state index in [-0.39, 0.29) is 12.1 Å². The Hall–Kier alpha value is -2.11. The van der Waals surface area contributed by atoms with Gasteiger partial charge in [-0.2, -0.15) is 13.2 Å². The predicted octanol–water partition coefficient (Wildman–Crippen LogP) is 4.76. The van der Waals surface area contributed by atoms with Gasteiger partial charge in [-0.3, -0.25) is 4.90 Å². The van der Waals surface area contributed by atoms with Crippen LogP contribution >= 0.6 is 0 Å². The molecule has 2 aliphatic rings. The monoisotopic (exact) mass is 359 g/mol. The number of nitrogens with zero attached hydrogens (tertiary/aromatic N) is 1. The molecule has 0 radical (unpaired) electrons. The third-order valence-corrected chi connectivity index (χ3v) is 5.11. The zero-order valence-electron chi connectivity index (χ0n) is 14.2. The highest BCUT2D eigenvalue weighted by Gasteiger charge is 2.36. The van der Waals surface area contributed by atoms with Crippen LogP contribution in [0.4, 0.5) is 13.2 Å². The first kappa shape index (κ1) is 17.3. The van der Waals surface area contributed by atoms with Gasteiger partial charge in [0, 0.05) is 12.6 Å². The summed E-state index contributed by atoms with van der Waals surface area (Å²) in [5.41, 5.74) is 2.29. The molecule has 2 aromatic rings. The summed E-state index contributed by atoms with van der Waals surface area (Å²) in [5.74, 6) is 0. The summed E-state index contributed by atoms with van der Waals surface area (Å²) >= 11 is 0. The van der Waals surface area contributed by atoms with Gasteiger partial charge in [0.2, 0.25) is 0 Å². The number of fused-ring (bicyclic) bond motifs is 2. The molecule has 2 atom stereocenters. The molecule has 0 aromatic heterocycles. The van der Waals surface area contributed by atoms with Gasteiger partial charge in [-0.05, 0) is 35.3 Å². The van der Waals surface area contributed by atoms with E-state index < -0.39 is 11.7 Å². The van der Waals surface area contributed by atoms with Crippen LogP contribution in [0.2, 0.25) is 0 Å². The molecule has 0 aliphatic carbocycles. The number of alkyl halides is 3. The summed E-state index contributed by atoms with van der Waals surface area (Å²) in [6, 6.07) is 16.2. The highest BCUT2D eigenvalue weighted by Crippen LogP contribution is 2.36. The Morgan fingerprint density at radius 3 is 2.54 bits per heavy atom. The van der Waals surface area contributed by atoms with Crippen LogP contribution in [0.1, 0.15) is 23.1 Å². The number of hydrogen-bond donors (Lipinski definition) is 0. The molecule has 1 saturated heterocycles. The van der Waals surface area contributed by atoms with Crippen molar-refractivity contribution in [2.75, 3.05) is 13.2 Å². The molecule has 2 aliphatic heterocycles. The Morgan fingerprint density at radius 1 is 1.00 bits per heavy atom. The van der Waals surface area contributed by atoms with E-state index in [0.717, 1.165) is 18.2 Å². The minimum absolute atomic E-state index is 0.0900. The van der Waals surface area contributed by atoms with E-state index in [0.29, 0.717) is 25.2 Å². The molecule has 0 amide bonds. The lowest BCUT2D eigenvalue weighted by Crippen LogP contribution is -2.53. The van der Waals surface area contributed by atoms with Crippen molar-refractivity contribution in [1.82, 2.24) is 4.90 Å². The second kappa shape index (κ2) is 6.89. The lowest BCUT2D eigenvalue weighted by Gasteiger charge is -2.45. The molecule has 2 bridgehead atoms. The van der Waals surface area contributed by atoms with Crippen LogP contribution in [0, 0.1) is 0 Å². The van der Waals surface area contributed by atoms with Crippen molar-refractivity contribution in [2.45, 2.75) is 31.2 Å². The largest absolute Gasteiger partial charge is 0.416 e. The Balaban J connectivity index is 1.61. The topological polar surface area (TPSA) is 12.5 Å². The maximum absolute atomic E-state index is 13.0. The number of hydrogen-bond acceptors (Lipinski definition) is 2. The lowest BCUT2D eigenvalue weighted by molar-refractivity contribution is -0.137. The number of ether oxygens (including phenoxy) is 1. The molecule has 2 aromatic carbocycles. The summed E-state index contributed by atoms with van der Waals surface area (Å²) in [4.78, 5) is 2.40. The summed E-state index contributed by atoms with van der Waals surface area (Å²) < 4.78 is 44.8. The normalized spacial score (nSPS) is 23.6. The van der Waals surface area contributed by atoms with Crippen LogP contribution < -0.4 is 0 Å². The van der Waals surface area contributed by atoms with E-state index in [1.165, 1.54) is 17.7 Å². The van der Waals surface area contributed by atoms with Crippen molar-refractivity contribution in [1.29, 1.82) is 0 Å². The first-order chi connectivity index (χ1) is 12.5. The number of halogens is 3. The average Bonchev–Trinajstić information content (AvgIpc) is 2.62. The molecule has 2 heterocycles. The van der Waals surface area contributed by atoms with Gasteiger partial charge in [-0.25, -0.2) is 0 Å². The fraction of sp³-hybridized carbons (Fsp3) is 0.333. The SMILES string of the molecule is FC(F)(F)c1cccc(C2=CC3COCC(C2)N3Cc2ccccc2)c1. The third kappa shape index (κ3) is 3.55. The van der Waals surface area contributed by atoms with Gasteiger partial charge >= 0.3 is 6.18 Å². The van der Waals surface area contributed by atoms with Gasteiger partial charge in [-0.15, -0.1) is 0 Å². The van der Waals surface area contributed by atoms with Gasteiger partial charge in [0.25, 0.3) is 0 Å². The molecular weight excluding hydrogens is 339 g/mol. The smallest absolute Gasteiger partial charge is 0.378 e. The number of benzene rings is 2. The Labute approximate surface area is 150 Å². The highest BCUT2D eigenvalue weighted by molar-refractivity contribution is 5.68. The first-order valence-electron chi connectivity index (χ1n) is 8.76. The van der Waals surface area contributed by atoms with Crippen LogP contribution in [0.3, 0.4) is 0 Å². The maximum Gasteiger partial charge on any atom is 0.416 e. The van der Waals surface area contributed by atoms with Gasteiger partial charge in [0.05, 0.1) is 24.8 Å². The Bertz CT molecular complexity index is 800. The number of rotatable bonds is 3. The minimum Gasteiger partial charge on any atom is -0.378 e. The van der Waals surface area contributed by atoms with E-state index in [1.54, 1.807) is 6.07 Å². The first-order valence-corrected chi connectivity index (χ1v) is 8.76. The van der Waals surface area contributed by atoms with E-state index in [1.807, 2.05) is 18.2 Å². The van der Waals surface area contributed by atoms with Crippen LogP contribution in [0.5, 0.6) is 0 Å². The molecule has 1 fully saturated rings. The minimum atomic E-state index is -4.32. The summed E-state index contributed by atoms with van der Waals surface area (Å²) in [7, 11) is 0. The van der Waals surface area contributed by atoms with Gasteiger partial charge < -0.3 is 4.74 Å². The molecule has 5 heteroatoms. The maximum atomic E-state index is 13.0. The molecule has 4 rings (SSSR count). The second-order valence-electron chi connectivity index (χ2n) is 6.89. The van der Waals surface area contributed by atoms with Gasteiger partial charge in [0.1, 0.15) is 0 Å². The zero-order valence-corrected chi connectivity index (χ0v) is 14.2. The van der Waals surface area contributed by atoms with Crippen LogP contribution in [-0.2, 0) is 17.5 Å². The van der Waals surface area contributed by atoms with E-state index in [2.05, 4.69) is 23.1 Å². The van der Waals surface area contributed by atoms with Crippen molar-refractivity contribution in [3.05, 3.63) is 77.4 Å². The molecule has 0 N–H and O–H groups in total. The third-order valence-electron chi connectivity index (χ3n) is 5.11. The van der Waals surface area contributed by atoms with Crippen molar-refractivity contribution < 1.29 is 17.9 Å². The molecule has 136 valence electrons. The van der Waals surface area contributed by atoms with Crippen LogP contribution in [-0.4, -0.2) is 30.2 Å². The molecule has 0 spiro atoms. The molecule has 2 unspecified atom stereocenters. The summed E-state index contributed by atoms with van der Waals surface area (Å²) in [6.07, 6.45) is -1.54. The van der Waals surface area contributed by atoms with E-state index in [9.17, 15) is 13.2 Å². The zero-order chi connectivity index (χ0) is 18.1. The average molecular weight is 359 g/mol. The standard InChI is InChI=1S/C21H20F3NO/c22-21(23,24)18-8-4-7-16(9-18)17-10-19-13-26-14-20(11-17)25(19)12-15-5-2-1-3-6-15/h1-10,19-20H,11-14H2. The lowest BCUT2D eigenvalue weighted by atomic mass is 9.89. The highest BCUT2D eigenvalue weighted by atomic mass is 19.4. The van der Waals surface area contributed by atoms with Crippen molar-refractivity contribution >= 4 is 5.57 Å². The predicted molar refractivity (Wildman–Crippen MR) is 94.4 cm³/mol. The summed E-state index contributed by atoms with van der Waals surface area (Å²) in [6.45, 7) is 2.01. The van der Waals surface area contributed by atoms with Crippen molar-refractivity contribution in [3.63, 3.8) is 0 Å². The van der Waals surface area contributed by atoms with Crippen molar-refractivity contribution in [3.8, 4) is 0 Å². The van der Waals surface area contributed by atoms with E-state index >= 15 is 0 Å². The molecule has 2 nitrogen and oxygen atoms in total. The van der Waals surface area contributed by atoms with E-state index in [4.69, 9.17) is 4.74 Å². The molecular formula is C21H20F3NO. The fourth-order valence-electron chi connectivity index (χ4n) is 3.81. The molecule has 0 saturated carbocycles.